The van der Waals surface area contributed by atoms with Gasteiger partial charge in [0.05, 0.1) is 6.61 Å². The molecule has 0 bridgehead atoms. The number of aliphatic carboxylic acids is 1. The molecule has 1 aliphatic rings. The molecule has 1 amide bonds. The number of aryl methyl sites for hydroxylation is 1. The number of carbonyl (C=O) groups excluding carboxylic acids is 1. The fraction of sp³-hybridized carbons (Fsp3) is 0.333. The molecule has 5 heteroatoms. The molecule has 2 rings (SSSR count). The van der Waals surface area contributed by atoms with Crippen LogP contribution < -0.4 is 5.32 Å². The smallest absolute Gasteiger partial charge is 0.336 e. The van der Waals surface area contributed by atoms with Crippen molar-refractivity contribution in [1.29, 1.82) is 0 Å². The topological polar surface area (TPSA) is 75.6 Å². The summed E-state index contributed by atoms with van der Waals surface area (Å²) in [7, 11) is 0. The van der Waals surface area contributed by atoms with E-state index in [0.717, 1.165) is 5.56 Å². The Balaban J connectivity index is 2.47. The van der Waals surface area contributed by atoms with Gasteiger partial charge in [-0.2, -0.15) is 0 Å². The molecule has 1 unspecified atom stereocenters. The lowest BCUT2D eigenvalue weighted by atomic mass is 9.89. The monoisotopic (exact) mass is 235 g/mol. The maximum Gasteiger partial charge on any atom is 0.336 e. The van der Waals surface area contributed by atoms with Crippen LogP contribution in [-0.4, -0.2) is 30.2 Å². The van der Waals surface area contributed by atoms with Crippen LogP contribution >= 0.6 is 0 Å². The van der Waals surface area contributed by atoms with Gasteiger partial charge >= 0.3 is 5.97 Å². The van der Waals surface area contributed by atoms with Gasteiger partial charge in [0.25, 0.3) is 0 Å². The second-order valence-corrected chi connectivity index (χ2v) is 4.12. The third-order valence-electron chi connectivity index (χ3n) is 2.78. The Hall–Kier alpha value is -1.88. The molecule has 90 valence electrons. The summed E-state index contributed by atoms with van der Waals surface area (Å²) in [5.41, 5.74) is -0.0116. The van der Waals surface area contributed by atoms with Crippen LogP contribution in [0.5, 0.6) is 0 Å². The van der Waals surface area contributed by atoms with E-state index in [1.807, 2.05) is 13.0 Å². The second kappa shape index (κ2) is 4.18. The molecule has 17 heavy (non-hydrogen) atoms. The first-order chi connectivity index (χ1) is 8.04. The van der Waals surface area contributed by atoms with Gasteiger partial charge in [0.1, 0.15) is 6.61 Å². The lowest BCUT2D eigenvalue weighted by Crippen LogP contribution is -2.59. The van der Waals surface area contributed by atoms with Gasteiger partial charge in [0, 0.05) is 0 Å². The average molecular weight is 235 g/mol. The van der Waals surface area contributed by atoms with E-state index < -0.39 is 17.4 Å². The van der Waals surface area contributed by atoms with Crippen LogP contribution in [0.4, 0.5) is 0 Å². The van der Waals surface area contributed by atoms with Crippen LogP contribution in [0.2, 0.25) is 0 Å². The molecular weight excluding hydrogens is 222 g/mol. The molecule has 0 aromatic heterocycles. The molecule has 1 heterocycles. The van der Waals surface area contributed by atoms with Crippen LogP contribution in [0.25, 0.3) is 0 Å². The fourth-order valence-corrected chi connectivity index (χ4v) is 1.91. The van der Waals surface area contributed by atoms with Gasteiger partial charge in [-0.15, -0.1) is 0 Å². The molecule has 0 saturated carbocycles. The zero-order chi connectivity index (χ0) is 12.5. The second-order valence-electron chi connectivity index (χ2n) is 4.12. The van der Waals surface area contributed by atoms with E-state index in [1.54, 1.807) is 18.2 Å². The first-order valence-corrected chi connectivity index (χ1v) is 5.24. The van der Waals surface area contributed by atoms with Crippen molar-refractivity contribution in [1.82, 2.24) is 5.32 Å². The van der Waals surface area contributed by atoms with Crippen molar-refractivity contribution >= 4 is 11.9 Å². The predicted octanol–water partition coefficient (Wildman–Crippen LogP) is 0.421. The van der Waals surface area contributed by atoms with E-state index in [0.29, 0.717) is 5.56 Å². The number of morpholine rings is 1. The number of amides is 1. The van der Waals surface area contributed by atoms with Crippen molar-refractivity contribution in [2.24, 2.45) is 0 Å². The molecule has 1 aromatic carbocycles. The highest BCUT2D eigenvalue weighted by Gasteiger charge is 2.45. The van der Waals surface area contributed by atoms with Crippen molar-refractivity contribution in [2.45, 2.75) is 12.5 Å². The summed E-state index contributed by atoms with van der Waals surface area (Å²) >= 11 is 0. The van der Waals surface area contributed by atoms with E-state index in [1.165, 1.54) is 0 Å². The molecule has 0 aliphatic carbocycles. The lowest BCUT2D eigenvalue weighted by Gasteiger charge is -2.34. The third-order valence-corrected chi connectivity index (χ3v) is 2.78. The van der Waals surface area contributed by atoms with Gasteiger partial charge in [-0.25, -0.2) is 4.79 Å². The van der Waals surface area contributed by atoms with E-state index in [2.05, 4.69) is 5.32 Å². The standard InChI is InChI=1S/C12H13NO4/c1-8-3-2-4-9(5-8)12(11(15)16)7-17-6-10(14)13-12/h2-5H,6-7H2,1H3,(H,13,14)(H,15,16). The summed E-state index contributed by atoms with van der Waals surface area (Å²) in [5.74, 6) is -1.53. The molecule has 0 spiro atoms. The Labute approximate surface area is 98.4 Å². The number of ether oxygens (including phenoxy) is 1. The molecule has 1 atom stereocenters. The minimum atomic E-state index is -1.47. The summed E-state index contributed by atoms with van der Waals surface area (Å²) < 4.78 is 5.06. The van der Waals surface area contributed by atoms with Gasteiger partial charge in [0.15, 0.2) is 5.54 Å². The highest BCUT2D eigenvalue weighted by molar-refractivity contribution is 5.89. The molecule has 1 aromatic rings. The average Bonchev–Trinajstić information content (AvgIpc) is 2.28. The quantitative estimate of drug-likeness (QED) is 0.779. The van der Waals surface area contributed by atoms with E-state index >= 15 is 0 Å². The summed E-state index contributed by atoms with van der Waals surface area (Å²) in [6.07, 6.45) is 0. The lowest BCUT2D eigenvalue weighted by molar-refractivity contribution is -0.158. The van der Waals surface area contributed by atoms with E-state index in [4.69, 9.17) is 4.74 Å². The Kier molecular flexibility index (Phi) is 2.85. The Morgan fingerprint density at radius 1 is 1.53 bits per heavy atom. The van der Waals surface area contributed by atoms with E-state index in [9.17, 15) is 14.7 Å². The molecule has 5 nitrogen and oxygen atoms in total. The van der Waals surface area contributed by atoms with E-state index in [-0.39, 0.29) is 13.2 Å². The number of carboxylic acid groups (broad SMARTS) is 1. The highest BCUT2D eigenvalue weighted by atomic mass is 16.5. The SMILES string of the molecule is Cc1cccc(C2(C(=O)O)COCC(=O)N2)c1. The number of hydrogen-bond acceptors (Lipinski definition) is 3. The van der Waals surface area contributed by atoms with Crippen molar-refractivity contribution in [3.05, 3.63) is 35.4 Å². The first-order valence-electron chi connectivity index (χ1n) is 5.24. The number of rotatable bonds is 2. The third kappa shape index (κ3) is 2.01. The van der Waals surface area contributed by atoms with Crippen LogP contribution in [-0.2, 0) is 19.9 Å². The Morgan fingerprint density at radius 2 is 2.29 bits per heavy atom. The largest absolute Gasteiger partial charge is 0.479 e. The van der Waals surface area contributed by atoms with Gasteiger partial charge in [-0.05, 0) is 12.5 Å². The molecule has 0 radical (unpaired) electrons. The molecule has 2 N–H and O–H groups in total. The summed E-state index contributed by atoms with van der Waals surface area (Å²) in [6, 6.07) is 7.04. The normalized spacial score (nSPS) is 24.2. The maximum absolute atomic E-state index is 11.4. The van der Waals surface area contributed by atoms with Crippen LogP contribution in [0.1, 0.15) is 11.1 Å². The van der Waals surface area contributed by atoms with Crippen molar-refractivity contribution in [2.75, 3.05) is 13.2 Å². The first kappa shape index (κ1) is 11.6. The number of carboxylic acids is 1. The van der Waals surface area contributed by atoms with Crippen LogP contribution in [0.15, 0.2) is 24.3 Å². The highest BCUT2D eigenvalue weighted by Crippen LogP contribution is 2.25. The number of hydrogen-bond donors (Lipinski definition) is 2. The maximum atomic E-state index is 11.4. The predicted molar refractivity (Wildman–Crippen MR) is 59.5 cm³/mol. The zero-order valence-corrected chi connectivity index (χ0v) is 9.40. The summed E-state index contributed by atoms with van der Waals surface area (Å²) in [6.45, 7) is 1.71. The van der Waals surface area contributed by atoms with Gasteiger partial charge in [0.2, 0.25) is 5.91 Å². The molecule has 1 saturated heterocycles. The molecule has 1 aliphatic heterocycles. The van der Waals surface area contributed by atoms with Crippen molar-refractivity contribution in [3.63, 3.8) is 0 Å². The van der Waals surface area contributed by atoms with Gasteiger partial charge < -0.3 is 15.2 Å². The number of carbonyl (C=O) groups is 2. The number of benzene rings is 1. The summed E-state index contributed by atoms with van der Waals surface area (Å²) in [4.78, 5) is 22.8. The minimum Gasteiger partial charge on any atom is -0.479 e. The minimum absolute atomic E-state index is 0.0580. The zero-order valence-electron chi connectivity index (χ0n) is 9.40. The number of nitrogens with one attached hydrogen (secondary N) is 1. The van der Waals surface area contributed by atoms with Crippen molar-refractivity contribution < 1.29 is 19.4 Å². The molecular formula is C12H13NO4. The van der Waals surface area contributed by atoms with Crippen LogP contribution in [0, 0.1) is 6.92 Å². The molecule has 1 fully saturated rings. The Morgan fingerprint density at radius 3 is 2.88 bits per heavy atom. The van der Waals surface area contributed by atoms with Gasteiger partial charge in [-0.1, -0.05) is 29.8 Å². The van der Waals surface area contributed by atoms with Crippen molar-refractivity contribution in [3.8, 4) is 0 Å². The van der Waals surface area contributed by atoms with Gasteiger partial charge in [-0.3, -0.25) is 4.79 Å². The van der Waals surface area contributed by atoms with Crippen LogP contribution in [0.3, 0.4) is 0 Å². The Bertz CT molecular complexity index is 471. The fourth-order valence-electron chi connectivity index (χ4n) is 1.91. The summed E-state index contributed by atoms with van der Waals surface area (Å²) in [5, 5.41) is 11.9.